The normalized spacial score (nSPS) is 24.7. The van der Waals surface area contributed by atoms with Crippen LogP contribution >= 0.6 is 0 Å². The van der Waals surface area contributed by atoms with Crippen LogP contribution in [0.4, 0.5) is 8.78 Å². The molecule has 0 aromatic heterocycles. The number of carbonyl (C=O) groups is 3. The van der Waals surface area contributed by atoms with Gasteiger partial charge in [0.1, 0.15) is 11.6 Å². The lowest BCUT2D eigenvalue weighted by molar-refractivity contribution is -0.144. The molecule has 1 fully saturated rings. The number of amides is 2. The Morgan fingerprint density at radius 1 is 1.17 bits per heavy atom. The summed E-state index contributed by atoms with van der Waals surface area (Å²) in [5.41, 5.74) is -2.31. The number of imide groups is 1. The maximum Gasteiger partial charge on any atom is 0.252 e. The molecule has 3 rings (SSSR count). The van der Waals surface area contributed by atoms with E-state index in [4.69, 9.17) is 4.74 Å². The summed E-state index contributed by atoms with van der Waals surface area (Å²) < 4.78 is 32.3. The summed E-state index contributed by atoms with van der Waals surface area (Å²) in [5, 5.41) is 9.96. The molecular weight excluding hydrogens is 312 g/mol. The van der Waals surface area contributed by atoms with Gasteiger partial charge in [-0.3, -0.25) is 14.4 Å². The average Bonchev–Trinajstić information content (AvgIpc) is 2.92. The average molecular weight is 323 g/mol. The van der Waals surface area contributed by atoms with E-state index in [-0.39, 0.29) is 18.4 Å². The molecule has 0 spiro atoms. The number of aliphatic hydroxyl groups is 1. The zero-order chi connectivity index (χ0) is 16.9. The third-order valence-electron chi connectivity index (χ3n) is 3.85. The molecule has 0 radical (unpaired) electrons. The molecule has 2 amide bonds. The van der Waals surface area contributed by atoms with Crippen molar-refractivity contribution in [3.63, 3.8) is 0 Å². The van der Waals surface area contributed by atoms with E-state index in [0.29, 0.717) is 11.0 Å². The van der Waals surface area contributed by atoms with Crippen LogP contribution in [0, 0.1) is 11.6 Å². The van der Waals surface area contributed by atoms with Crippen LogP contribution in [0.1, 0.15) is 25.3 Å². The minimum atomic E-state index is -2.00. The number of nitrogens with zero attached hydrogens (tertiary/aromatic N) is 1. The molecule has 1 N–H and O–H groups in total. The second-order valence-corrected chi connectivity index (χ2v) is 5.37. The van der Waals surface area contributed by atoms with Crippen molar-refractivity contribution >= 4 is 17.6 Å². The monoisotopic (exact) mass is 323 g/mol. The summed E-state index contributed by atoms with van der Waals surface area (Å²) in [5.74, 6) is -5.74. The summed E-state index contributed by atoms with van der Waals surface area (Å²) in [6, 6.07) is 2.51. The van der Waals surface area contributed by atoms with E-state index in [1.807, 2.05) is 0 Å². The van der Waals surface area contributed by atoms with Crippen LogP contribution in [0.15, 0.2) is 29.8 Å². The van der Waals surface area contributed by atoms with Crippen molar-refractivity contribution in [2.45, 2.75) is 25.4 Å². The minimum absolute atomic E-state index is 0.0746. The lowest BCUT2D eigenvalue weighted by Gasteiger charge is -2.25. The quantitative estimate of drug-likeness (QED) is 0.837. The van der Waals surface area contributed by atoms with Gasteiger partial charge in [0.2, 0.25) is 23.2 Å². The van der Waals surface area contributed by atoms with Crippen molar-refractivity contribution in [2.75, 3.05) is 0 Å². The fourth-order valence-corrected chi connectivity index (χ4v) is 2.62. The number of ketones is 1. The van der Waals surface area contributed by atoms with Gasteiger partial charge in [-0.25, -0.2) is 13.7 Å². The Bertz CT molecular complexity index is 772. The molecule has 1 atom stereocenters. The molecule has 1 unspecified atom stereocenters. The molecule has 120 valence electrons. The molecule has 6 nitrogen and oxygen atoms in total. The van der Waals surface area contributed by atoms with E-state index in [2.05, 4.69) is 0 Å². The SMILES string of the molecule is CC1(c2ccc(F)cc2F)OC(N2C(=O)CCC2=O)=C(O)C1=O. The van der Waals surface area contributed by atoms with Crippen molar-refractivity contribution < 1.29 is 33.0 Å². The minimum Gasteiger partial charge on any atom is -0.501 e. The van der Waals surface area contributed by atoms with Crippen LogP contribution in [-0.2, 0) is 24.7 Å². The van der Waals surface area contributed by atoms with Gasteiger partial charge in [0.15, 0.2) is 0 Å². The number of likely N-dealkylation sites (tertiary alicyclic amines) is 1. The number of halogens is 2. The zero-order valence-corrected chi connectivity index (χ0v) is 11.9. The number of carbonyl (C=O) groups excluding carboxylic acids is 3. The molecule has 0 saturated carbocycles. The van der Waals surface area contributed by atoms with Crippen molar-refractivity contribution in [1.82, 2.24) is 4.90 Å². The second kappa shape index (κ2) is 4.87. The molecule has 2 aliphatic rings. The first-order valence-corrected chi connectivity index (χ1v) is 6.74. The van der Waals surface area contributed by atoms with Crippen LogP contribution in [-0.4, -0.2) is 27.6 Å². The maximum absolute atomic E-state index is 14.0. The van der Waals surface area contributed by atoms with Crippen LogP contribution in [0.5, 0.6) is 0 Å². The summed E-state index contributed by atoms with van der Waals surface area (Å²) >= 11 is 0. The molecule has 0 aliphatic carbocycles. The van der Waals surface area contributed by atoms with E-state index in [1.54, 1.807) is 0 Å². The largest absolute Gasteiger partial charge is 0.501 e. The Balaban J connectivity index is 2.04. The fraction of sp³-hybridized carbons (Fsp3) is 0.267. The Hall–Kier alpha value is -2.77. The van der Waals surface area contributed by atoms with E-state index in [9.17, 15) is 28.3 Å². The lowest BCUT2D eigenvalue weighted by atomic mass is 9.91. The van der Waals surface area contributed by atoms with Gasteiger partial charge in [-0.2, -0.15) is 0 Å². The summed E-state index contributed by atoms with van der Waals surface area (Å²) in [6.45, 7) is 1.17. The number of rotatable bonds is 2. The highest BCUT2D eigenvalue weighted by Gasteiger charge is 2.53. The van der Waals surface area contributed by atoms with Gasteiger partial charge < -0.3 is 9.84 Å². The predicted octanol–water partition coefficient (Wildman–Crippen LogP) is 1.66. The van der Waals surface area contributed by atoms with Gasteiger partial charge in [-0.15, -0.1) is 0 Å². The summed E-state index contributed by atoms with van der Waals surface area (Å²) in [7, 11) is 0. The van der Waals surface area contributed by atoms with Crippen LogP contribution in [0.25, 0.3) is 0 Å². The highest BCUT2D eigenvalue weighted by atomic mass is 19.1. The standard InChI is InChI=1S/C15H11F2NO5/c1-15(8-3-2-7(16)6-9(8)17)13(22)12(21)14(23-15)18-10(19)4-5-11(18)20/h2-3,6,21H,4-5H2,1H3. The first-order valence-electron chi connectivity index (χ1n) is 6.74. The molecule has 23 heavy (non-hydrogen) atoms. The number of benzene rings is 1. The molecule has 2 aliphatic heterocycles. The molecule has 8 heteroatoms. The number of Topliss-reactive ketones (excluding diaryl/α,β-unsaturated/α-hetero) is 1. The molecule has 1 saturated heterocycles. The van der Waals surface area contributed by atoms with E-state index >= 15 is 0 Å². The smallest absolute Gasteiger partial charge is 0.252 e. The molecule has 1 aromatic carbocycles. The molecule has 0 bridgehead atoms. The van der Waals surface area contributed by atoms with E-state index in [1.165, 1.54) is 6.92 Å². The van der Waals surface area contributed by atoms with Crippen molar-refractivity contribution in [3.05, 3.63) is 47.0 Å². The fourth-order valence-electron chi connectivity index (χ4n) is 2.62. The van der Waals surface area contributed by atoms with E-state index < -0.39 is 46.5 Å². The van der Waals surface area contributed by atoms with Crippen molar-refractivity contribution in [1.29, 1.82) is 0 Å². The Morgan fingerprint density at radius 3 is 2.35 bits per heavy atom. The number of hydrogen-bond donors (Lipinski definition) is 1. The Morgan fingerprint density at radius 2 is 1.78 bits per heavy atom. The van der Waals surface area contributed by atoms with Crippen LogP contribution in [0.2, 0.25) is 0 Å². The van der Waals surface area contributed by atoms with Gasteiger partial charge in [0.25, 0.3) is 11.7 Å². The van der Waals surface area contributed by atoms with Crippen molar-refractivity contribution in [3.8, 4) is 0 Å². The van der Waals surface area contributed by atoms with Gasteiger partial charge in [-0.05, 0) is 19.1 Å². The second-order valence-electron chi connectivity index (χ2n) is 5.37. The Labute approximate surface area is 128 Å². The van der Waals surface area contributed by atoms with Crippen LogP contribution < -0.4 is 0 Å². The predicted molar refractivity (Wildman–Crippen MR) is 70.5 cm³/mol. The molecular formula is C15H11F2NO5. The van der Waals surface area contributed by atoms with Gasteiger partial charge in [0.05, 0.1) is 0 Å². The Kier molecular flexibility index (Phi) is 3.20. The topological polar surface area (TPSA) is 83.9 Å². The summed E-state index contributed by atoms with van der Waals surface area (Å²) in [4.78, 5) is 36.3. The highest BCUT2D eigenvalue weighted by Crippen LogP contribution is 2.41. The highest BCUT2D eigenvalue weighted by molar-refractivity contribution is 6.08. The van der Waals surface area contributed by atoms with E-state index in [0.717, 1.165) is 12.1 Å². The molecule has 2 heterocycles. The lowest BCUT2D eigenvalue weighted by Crippen LogP contribution is -2.34. The third-order valence-corrected chi connectivity index (χ3v) is 3.85. The van der Waals surface area contributed by atoms with Gasteiger partial charge >= 0.3 is 0 Å². The zero-order valence-electron chi connectivity index (χ0n) is 11.9. The number of ether oxygens (including phenoxy) is 1. The number of aliphatic hydroxyl groups excluding tert-OH is 1. The number of hydrogen-bond acceptors (Lipinski definition) is 5. The first-order chi connectivity index (χ1) is 10.8. The summed E-state index contributed by atoms with van der Waals surface area (Å²) in [6.07, 6.45) is -0.149. The van der Waals surface area contributed by atoms with Gasteiger partial charge in [0, 0.05) is 24.5 Å². The van der Waals surface area contributed by atoms with Crippen molar-refractivity contribution in [2.24, 2.45) is 0 Å². The molecule has 1 aromatic rings. The third kappa shape index (κ3) is 2.09. The van der Waals surface area contributed by atoms with Crippen LogP contribution in [0.3, 0.4) is 0 Å². The first kappa shape index (κ1) is 15.1. The maximum atomic E-state index is 14.0. The van der Waals surface area contributed by atoms with Gasteiger partial charge in [-0.1, -0.05) is 0 Å².